The Hall–Kier alpha value is -3.76. The molecule has 0 radical (unpaired) electrons. The fourth-order valence-electron chi connectivity index (χ4n) is 3.58. The van der Waals surface area contributed by atoms with Gasteiger partial charge in [0.2, 0.25) is 15.9 Å². The third-order valence-electron chi connectivity index (χ3n) is 5.47. The maximum atomic E-state index is 13.3. The highest BCUT2D eigenvalue weighted by molar-refractivity contribution is 7.89. The van der Waals surface area contributed by atoms with E-state index in [4.69, 9.17) is 4.74 Å². The Labute approximate surface area is 209 Å². The molecule has 10 heteroatoms. The standard InChI is InChI=1S/C26H28FN3O5S/c1-4-28-36(33,34)24-14-13-21(16-23(24)35-3)29-26(32)22(15-19-8-6-5-7-17(19)2)30-25(31)18-9-11-20(27)12-10-18/h5-14,16,22,28H,4,15H2,1-3H3,(H,29,32)(H,30,31)/t22-/m0/s1. The van der Waals surface area contributed by atoms with Gasteiger partial charge in [-0.05, 0) is 54.4 Å². The smallest absolute Gasteiger partial charge is 0.251 e. The summed E-state index contributed by atoms with van der Waals surface area (Å²) in [4.78, 5) is 26.0. The van der Waals surface area contributed by atoms with Gasteiger partial charge in [-0.15, -0.1) is 0 Å². The first-order valence-corrected chi connectivity index (χ1v) is 12.7. The van der Waals surface area contributed by atoms with Crippen LogP contribution in [0, 0.1) is 12.7 Å². The summed E-state index contributed by atoms with van der Waals surface area (Å²) in [6.07, 6.45) is 0.204. The SMILES string of the molecule is CCNS(=O)(=O)c1ccc(NC(=O)[C@H](Cc2ccccc2C)NC(=O)c2ccc(F)cc2)cc1OC. The highest BCUT2D eigenvalue weighted by Gasteiger charge is 2.24. The third kappa shape index (κ3) is 6.67. The Morgan fingerprint density at radius 2 is 1.72 bits per heavy atom. The molecule has 3 N–H and O–H groups in total. The first-order chi connectivity index (χ1) is 17.1. The molecule has 0 saturated carbocycles. The normalized spacial score (nSPS) is 12.0. The van der Waals surface area contributed by atoms with Crippen LogP contribution in [0.4, 0.5) is 10.1 Å². The summed E-state index contributed by atoms with van der Waals surface area (Å²) in [6, 6.07) is 15.7. The largest absolute Gasteiger partial charge is 0.495 e. The second-order valence-corrected chi connectivity index (χ2v) is 9.76. The number of amides is 2. The Kier molecular flexibility index (Phi) is 8.78. The number of sulfonamides is 1. The van der Waals surface area contributed by atoms with E-state index in [1.165, 1.54) is 49.6 Å². The highest BCUT2D eigenvalue weighted by Crippen LogP contribution is 2.27. The molecule has 0 bridgehead atoms. The summed E-state index contributed by atoms with van der Waals surface area (Å²) in [5, 5.41) is 5.44. The number of halogens is 1. The van der Waals surface area contributed by atoms with E-state index in [9.17, 15) is 22.4 Å². The molecule has 3 aromatic carbocycles. The van der Waals surface area contributed by atoms with Gasteiger partial charge in [0.25, 0.3) is 5.91 Å². The van der Waals surface area contributed by atoms with Gasteiger partial charge in [0.15, 0.2) is 0 Å². The van der Waals surface area contributed by atoms with Crippen molar-refractivity contribution < 1.29 is 27.1 Å². The van der Waals surface area contributed by atoms with E-state index in [0.29, 0.717) is 0 Å². The molecule has 0 aliphatic heterocycles. The minimum absolute atomic E-state index is 0.0551. The van der Waals surface area contributed by atoms with Crippen LogP contribution in [0.25, 0.3) is 0 Å². The van der Waals surface area contributed by atoms with Gasteiger partial charge in [-0.1, -0.05) is 31.2 Å². The van der Waals surface area contributed by atoms with Crippen LogP contribution in [-0.4, -0.2) is 39.9 Å². The molecule has 190 valence electrons. The van der Waals surface area contributed by atoms with E-state index in [-0.39, 0.29) is 34.9 Å². The molecule has 1 atom stereocenters. The van der Waals surface area contributed by atoms with Gasteiger partial charge in [0.05, 0.1) is 7.11 Å². The number of ether oxygens (including phenoxy) is 1. The highest BCUT2D eigenvalue weighted by atomic mass is 32.2. The molecule has 0 heterocycles. The lowest BCUT2D eigenvalue weighted by molar-refractivity contribution is -0.118. The monoisotopic (exact) mass is 513 g/mol. The number of carbonyl (C=O) groups is 2. The first-order valence-electron chi connectivity index (χ1n) is 11.2. The average Bonchev–Trinajstić information content (AvgIpc) is 2.85. The van der Waals surface area contributed by atoms with Crippen molar-refractivity contribution in [1.82, 2.24) is 10.0 Å². The van der Waals surface area contributed by atoms with Crippen LogP contribution in [0.5, 0.6) is 5.75 Å². The van der Waals surface area contributed by atoms with Crippen LogP contribution in [-0.2, 0) is 21.2 Å². The van der Waals surface area contributed by atoms with Crippen molar-refractivity contribution in [3.05, 3.63) is 89.2 Å². The van der Waals surface area contributed by atoms with Crippen molar-refractivity contribution in [3.8, 4) is 5.75 Å². The van der Waals surface area contributed by atoms with E-state index in [1.807, 2.05) is 31.2 Å². The minimum atomic E-state index is -3.78. The number of benzene rings is 3. The Morgan fingerprint density at radius 3 is 2.36 bits per heavy atom. The molecule has 0 unspecified atom stereocenters. The Balaban J connectivity index is 1.87. The number of rotatable bonds is 10. The molecular weight excluding hydrogens is 485 g/mol. The molecule has 36 heavy (non-hydrogen) atoms. The molecule has 0 aliphatic carbocycles. The van der Waals surface area contributed by atoms with Gasteiger partial charge >= 0.3 is 0 Å². The van der Waals surface area contributed by atoms with Gasteiger partial charge in [0.1, 0.15) is 22.5 Å². The fraction of sp³-hybridized carbons (Fsp3) is 0.231. The molecule has 8 nitrogen and oxygen atoms in total. The second-order valence-electron chi connectivity index (χ2n) is 8.02. The zero-order chi connectivity index (χ0) is 26.3. The molecule has 3 aromatic rings. The van der Waals surface area contributed by atoms with Crippen LogP contribution in [0.2, 0.25) is 0 Å². The maximum absolute atomic E-state index is 13.3. The zero-order valence-electron chi connectivity index (χ0n) is 20.2. The van der Waals surface area contributed by atoms with E-state index < -0.39 is 33.7 Å². The number of hydrogen-bond donors (Lipinski definition) is 3. The number of aryl methyl sites for hydroxylation is 1. The van der Waals surface area contributed by atoms with Crippen LogP contribution >= 0.6 is 0 Å². The van der Waals surface area contributed by atoms with Crippen LogP contribution in [0.3, 0.4) is 0 Å². The molecule has 0 aliphatic rings. The minimum Gasteiger partial charge on any atom is -0.495 e. The maximum Gasteiger partial charge on any atom is 0.251 e. The van der Waals surface area contributed by atoms with Crippen molar-refractivity contribution in [3.63, 3.8) is 0 Å². The lowest BCUT2D eigenvalue weighted by atomic mass is 10.00. The summed E-state index contributed by atoms with van der Waals surface area (Å²) in [5.41, 5.74) is 2.31. The average molecular weight is 514 g/mol. The number of nitrogens with one attached hydrogen (secondary N) is 3. The summed E-state index contributed by atoms with van der Waals surface area (Å²) in [5.74, 6) is -1.47. The number of carbonyl (C=O) groups excluding carboxylic acids is 2. The number of anilines is 1. The van der Waals surface area contributed by atoms with Crippen LogP contribution in [0.15, 0.2) is 71.6 Å². The van der Waals surface area contributed by atoms with E-state index in [0.717, 1.165) is 11.1 Å². The van der Waals surface area contributed by atoms with Crippen molar-refractivity contribution in [1.29, 1.82) is 0 Å². The molecule has 0 fully saturated rings. The molecule has 0 saturated heterocycles. The van der Waals surface area contributed by atoms with Crippen LogP contribution in [0.1, 0.15) is 28.4 Å². The van der Waals surface area contributed by atoms with Gasteiger partial charge in [-0.2, -0.15) is 0 Å². The summed E-state index contributed by atoms with van der Waals surface area (Å²) in [7, 11) is -2.45. The molecule has 0 aromatic heterocycles. The van der Waals surface area contributed by atoms with Gasteiger partial charge in [0, 0.05) is 30.3 Å². The second kappa shape index (κ2) is 11.8. The topological polar surface area (TPSA) is 114 Å². The zero-order valence-corrected chi connectivity index (χ0v) is 21.0. The van der Waals surface area contributed by atoms with Gasteiger partial charge in [-0.25, -0.2) is 17.5 Å². The van der Waals surface area contributed by atoms with E-state index in [1.54, 1.807) is 6.92 Å². The fourth-order valence-corrected chi connectivity index (χ4v) is 4.77. The van der Waals surface area contributed by atoms with E-state index >= 15 is 0 Å². The number of hydrogen-bond acceptors (Lipinski definition) is 5. The first kappa shape index (κ1) is 26.8. The predicted octanol–water partition coefficient (Wildman–Crippen LogP) is 3.42. The summed E-state index contributed by atoms with van der Waals surface area (Å²) >= 11 is 0. The van der Waals surface area contributed by atoms with Gasteiger partial charge in [-0.3, -0.25) is 9.59 Å². The van der Waals surface area contributed by atoms with Crippen molar-refractivity contribution in [2.45, 2.75) is 31.2 Å². The third-order valence-corrected chi connectivity index (χ3v) is 7.05. The molecular formula is C26H28FN3O5S. The predicted molar refractivity (Wildman–Crippen MR) is 135 cm³/mol. The quantitative estimate of drug-likeness (QED) is 0.385. The summed E-state index contributed by atoms with van der Waals surface area (Å²) in [6.45, 7) is 3.77. The Morgan fingerprint density at radius 1 is 1.03 bits per heavy atom. The van der Waals surface area contributed by atoms with Gasteiger partial charge < -0.3 is 15.4 Å². The Bertz CT molecular complexity index is 1340. The summed E-state index contributed by atoms with van der Waals surface area (Å²) < 4.78 is 45.7. The lowest BCUT2D eigenvalue weighted by Crippen LogP contribution is -2.45. The molecule has 0 spiro atoms. The van der Waals surface area contributed by atoms with Crippen molar-refractivity contribution in [2.75, 3.05) is 19.0 Å². The lowest BCUT2D eigenvalue weighted by Gasteiger charge is -2.20. The molecule has 3 rings (SSSR count). The van der Waals surface area contributed by atoms with E-state index in [2.05, 4.69) is 15.4 Å². The number of methoxy groups -OCH3 is 1. The van der Waals surface area contributed by atoms with Crippen molar-refractivity contribution in [2.24, 2.45) is 0 Å². The van der Waals surface area contributed by atoms with Crippen molar-refractivity contribution >= 4 is 27.5 Å². The molecule has 2 amide bonds. The van der Waals surface area contributed by atoms with Crippen LogP contribution < -0.4 is 20.1 Å².